The predicted octanol–water partition coefficient (Wildman–Crippen LogP) is 13.8. The van der Waals surface area contributed by atoms with Crippen LogP contribution in [0.3, 0.4) is 0 Å². The van der Waals surface area contributed by atoms with E-state index in [1.165, 1.54) is 0 Å². The first kappa shape index (κ1) is 32.6. The molecule has 268 valence electrons. The number of hydrogen-bond donors (Lipinski definition) is 0. The van der Waals surface area contributed by atoms with Gasteiger partial charge in [0.15, 0.2) is 17.5 Å². The zero-order valence-electron chi connectivity index (χ0n) is 30.6. The molecule has 0 saturated heterocycles. The van der Waals surface area contributed by atoms with Crippen LogP contribution < -0.4 is 4.90 Å². The van der Waals surface area contributed by atoms with Gasteiger partial charge < -0.3 is 13.7 Å². The van der Waals surface area contributed by atoms with Gasteiger partial charge in [-0.3, -0.25) is 0 Å². The maximum atomic E-state index is 6.70. The van der Waals surface area contributed by atoms with Crippen LogP contribution in [0.2, 0.25) is 0 Å². The fourth-order valence-electron chi connectivity index (χ4n) is 7.82. The molecule has 0 radical (unpaired) electrons. The van der Waals surface area contributed by atoms with Crippen LogP contribution in [0.15, 0.2) is 203 Å². The summed E-state index contributed by atoms with van der Waals surface area (Å²) in [6.07, 6.45) is 0. The molecule has 0 unspecified atom stereocenters. The molecular formula is C51H32N4O2. The van der Waals surface area contributed by atoms with Gasteiger partial charge in [0.05, 0.1) is 0 Å². The molecule has 6 nitrogen and oxygen atoms in total. The van der Waals surface area contributed by atoms with E-state index in [2.05, 4.69) is 108 Å². The highest BCUT2D eigenvalue weighted by Crippen LogP contribution is 2.43. The zero-order valence-corrected chi connectivity index (χ0v) is 30.6. The Morgan fingerprint density at radius 3 is 1.61 bits per heavy atom. The van der Waals surface area contributed by atoms with Crippen LogP contribution in [-0.4, -0.2) is 15.0 Å². The van der Waals surface area contributed by atoms with Gasteiger partial charge in [0, 0.05) is 61.4 Å². The Morgan fingerprint density at radius 1 is 0.316 bits per heavy atom. The lowest BCUT2D eigenvalue weighted by molar-refractivity contribution is 0.668. The Balaban J connectivity index is 1.09. The first-order valence-corrected chi connectivity index (χ1v) is 18.9. The van der Waals surface area contributed by atoms with Crippen LogP contribution in [0.25, 0.3) is 89.2 Å². The van der Waals surface area contributed by atoms with E-state index in [4.69, 9.17) is 23.8 Å². The summed E-state index contributed by atoms with van der Waals surface area (Å²) < 4.78 is 12.9. The standard InChI is InChI=1S/C51H32N4O2/c1-4-14-33(15-5-1)36-20-12-21-37(30-36)55(38-27-29-45-43(31-38)40-22-10-11-24-44(40)56-45)39-26-28-41-47(32-39)57-46-25-13-23-42(48(41)46)51-53-49(34-16-6-2-7-17-34)52-50(54-51)35-18-8-3-9-19-35/h1-32H. The number of nitrogens with zero attached hydrogens (tertiary/aromatic N) is 4. The SMILES string of the molecule is c1ccc(-c2cccc(N(c3ccc4c(c3)oc3cccc(-c5nc(-c6ccccc6)nc(-c6ccccc6)n5)c34)c3ccc4oc5ccccc5c4c3)c2)cc1. The van der Waals surface area contributed by atoms with Gasteiger partial charge in [-0.1, -0.05) is 133 Å². The Kier molecular flexibility index (Phi) is 7.71. The normalized spacial score (nSPS) is 11.5. The average Bonchev–Trinajstić information content (AvgIpc) is 3.85. The number of anilines is 3. The molecule has 6 heteroatoms. The van der Waals surface area contributed by atoms with E-state index in [9.17, 15) is 0 Å². The lowest BCUT2D eigenvalue weighted by Gasteiger charge is -2.26. The molecule has 0 bridgehead atoms. The van der Waals surface area contributed by atoms with Crippen LogP contribution >= 0.6 is 0 Å². The van der Waals surface area contributed by atoms with Gasteiger partial charge >= 0.3 is 0 Å². The lowest BCUT2D eigenvalue weighted by Crippen LogP contribution is -2.10. The van der Waals surface area contributed by atoms with Crippen molar-refractivity contribution in [3.8, 4) is 45.3 Å². The average molecular weight is 733 g/mol. The van der Waals surface area contributed by atoms with Gasteiger partial charge in [-0.25, -0.2) is 15.0 Å². The quantitative estimate of drug-likeness (QED) is 0.162. The van der Waals surface area contributed by atoms with Gasteiger partial charge in [0.1, 0.15) is 22.3 Å². The lowest BCUT2D eigenvalue weighted by atomic mass is 10.0. The van der Waals surface area contributed by atoms with E-state index in [-0.39, 0.29) is 0 Å². The number of para-hydroxylation sites is 1. The second-order valence-electron chi connectivity index (χ2n) is 14.0. The summed E-state index contributed by atoms with van der Waals surface area (Å²) in [7, 11) is 0. The monoisotopic (exact) mass is 732 g/mol. The van der Waals surface area contributed by atoms with Crippen molar-refractivity contribution >= 4 is 60.9 Å². The maximum Gasteiger partial charge on any atom is 0.164 e. The Morgan fingerprint density at radius 2 is 0.860 bits per heavy atom. The van der Waals surface area contributed by atoms with Crippen LogP contribution in [0, 0.1) is 0 Å². The van der Waals surface area contributed by atoms with Crippen LogP contribution in [-0.2, 0) is 0 Å². The Bertz CT molecular complexity index is 3190. The molecule has 11 aromatic rings. The number of aromatic nitrogens is 3. The summed E-state index contributed by atoms with van der Waals surface area (Å²) in [4.78, 5) is 17.3. The third kappa shape index (κ3) is 5.79. The molecule has 11 rings (SSSR count). The molecule has 0 spiro atoms. The highest BCUT2D eigenvalue weighted by molar-refractivity contribution is 6.13. The topological polar surface area (TPSA) is 68.2 Å². The van der Waals surface area contributed by atoms with Crippen molar-refractivity contribution in [1.29, 1.82) is 0 Å². The molecule has 57 heavy (non-hydrogen) atoms. The summed E-state index contributed by atoms with van der Waals surface area (Å²) in [6.45, 7) is 0. The number of furan rings is 2. The highest BCUT2D eigenvalue weighted by atomic mass is 16.3. The van der Waals surface area contributed by atoms with E-state index in [1.807, 2.05) is 91.0 Å². The van der Waals surface area contributed by atoms with E-state index in [1.54, 1.807) is 0 Å². The minimum absolute atomic E-state index is 0.583. The van der Waals surface area contributed by atoms with E-state index in [0.717, 1.165) is 88.8 Å². The van der Waals surface area contributed by atoms with Crippen LogP contribution in [0.1, 0.15) is 0 Å². The molecule has 0 fully saturated rings. The van der Waals surface area contributed by atoms with Crippen molar-refractivity contribution in [3.05, 3.63) is 194 Å². The molecule has 0 atom stereocenters. The van der Waals surface area contributed by atoms with Crippen molar-refractivity contribution in [2.75, 3.05) is 4.90 Å². The van der Waals surface area contributed by atoms with Gasteiger partial charge in [-0.05, 0) is 65.7 Å². The Labute approximate surface area is 328 Å². The minimum Gasteiger partial charge on any atom is -0.456 e. The fourth-order valence-corrected chi connectivity index (χ4v) is 7.82. The molecule has 3 heterocycles. The first-order valence-electron chi connectivity index (χ1n) is 18.9. The molecule has 0 aliphatic heterocycles. The summed E-state index contributed by atoms with van der Waals surface area (Å²) in [5, 5.41) is 4.06. The van der Waals surface area contributed by atoms with Crippen molar-refractivity contribution in [1.82, 2.24) is 15.0 Å². The molecular weight excluding hydrogens is 701 g/mol. The van der Waals surface area contributed by atoms with Crippen molar-refractivity contribution in [3.63, 3.8) is 0 Å². The second kappa shape index (κ2) is 13.5. The van der Waals surface area contributed by atoms with Crippen LogP contribution in [0.4, 0.5) is 17.1 Å². The van der Waals surface area contributed by atoms with Gasteiger partial charge in [0.2, 0.25) is 0 Å². The smallest absolute Gasteiger partial charge is 0.164 e. The zero-order chi connectivity index (χ0) is 37.7. The largest absolute Gasteiger partial charge is 0.456 e. The molecule has 8 aromatic carbocycles. The summed E-state index contributed by atoms with van der Waals surface area (Å²) in [5.41, 5.74) is 11.2. The molecule has 0 aliphatic rings. The minimum atomic E-state index is 0.583. The van der Waals surface area contributed by atoms with Crippen molar-refractivity contribution in [2.24, 2.45) is 0 Å². The second-order valence-corrected chi connectivity index (χ2v) is 14.0. The fraction of sp³-hybridized carbons (Fsp3) is 0. The van der Waals surface area contributed by atoms with Gasteiger partial charge in [-0.2, -0.15) is 0 Å². The molecule has 0 amide bonds. The van der Waals surface area contributed by atoms with E-state index in [0.29, 0.717) is 17.5 Å². The third-order valence-electron chi connectivity index (χ3n) is 10.5. The molecule has 3 aromatic heterocycles. The number of hydrogen-bond acceptors (Lipinski definition) is 6. The summed E-state index contributed by atoms with van der Waals surface area (Å²) >= 11 is 0. The number of fused-ring (bicyclic) bond motifs is 6. The summed E-state index contributed by atoms with van der Waals surface area (Å²) in [6, 6.07) is 66.3. The number of benzene rings is 8. The predicted molar refractivity (Wildman–Crippen MR) is 231 cm³/mol. The van der Waals surface area contributed by atoms with Crippen molar-refractivity contribution < 1.29 is 8.83 Å². The van der Waals surface area contributed by atoms with Gasteiger partial charge in [0.25, 0.3) is 0 Å². The van der Waals surface area contributed by atoms with Crippen molar-refractivity contribution in [2.45, 2.75) is 0 Å². The highest BCUT2D eigenvalue weighted by Gasteiger charge is 2.21. The van der Waals surface area contributed by atoms with Gasteiger partial charge in [-0.15, -0.1) is 0 Å². The maximum absolute atomic E-state index is 6.70. The number of rotatable bonds is 7. The van der Waals surface area contributed by atoms with E-state index < -0.39 is 0 Å². The first-order chi connectivity index (χ1) is 28.2. The third-order valence-corrected chi connectivity index (χ3v) is 10.5. The molecule has 0 N–H and O–H groups in total. The molecule has 0 saturated carbocycles. The summed E-state index contributed by atoms with van der Waals surface area (Å²) in [5.74, 6) is 1.81. The Hall–Kier alpha value is -7.83. The van der Waals surface area contributed by atoms with E-state index >= 15 is 0 Å². The molecule has 0 aliphatic carbocycles. The van der Waals surface area contributed by atoms with Crippen LogP contribution in [0.5, 0.6) is 0 Å².